The van der Waals surface area contributed by atoms with Gasteiger partial charge in [-0.3, -0.25) is 0 Å². The van der Waals surface area contributed by atoms with Crippen LogP contribution in [0.1, 0.15) is 23.6 Å². The quantitative estimate of drug-likeness (QED) is 0.856. The summed E-state index contributed by atoms with van der Waals surface area (Å²) in [6.45, 7) is 4.76. The van der Waals surface area contributed by atoms with Gasteiger partial charge in [0, 0.05) is 12.6 Å². The third-order valence-electron chi connectivity index (χ3n) is 3.90. The summed E-state index contributed by atoms with van der Waals surface area (Å²) in [6.07, 6.45) is 2.49. The maximum absolute atomic E-state index is 5.33. The van der Waals surface area contributed by atoms with Gasteiger partial charge >= 0.3 is 0 Å². The zero-order chi connectivity index (χ0) is 11.7. The number of ether oxygens (including phenoxy) is 1. The Kier molecular flexibility index (Phi) is 3.04. The second-order valence-corrected chi connectivity index (χ2v) is 4.98. The molecule has 1 saturated heterocycles. The first kappa shape index (κ1) is 11.1. The Balaban J connectivity index is 1.82. The smallest absolute Gasteiger partial charge is 0.119 e. The maximum atomic E-state index is 5.33. The molecule has 2 aliphatic heterocycles. The molecule has 3 nitrogen and oxygen atoms in total. The first-order valence-electron chi connectivity index (χ1n) is 6.49. The van der Waals surface area contributed by atoms with Gasteiger partial charge in [-0.25, -0.2) is 0 Å². The summed E-state index contributed by atoms with van der Waals surface area (Å²) in [6, 6.07) is 6.98. The van der Waals surface area contributed by atoms with Crippen LogP contribution >= 0.6 is 0 Å². The molecular formula is C14H20N2O. The number of methoxy groups -OCH3 is 1. The van der Waals surface area contributed by atoms with Crippen molar-refractivity contribution in [1.82, 2.24) is 10.2 Å². The fourth-order valence-electron chi connectivity index (χ4n) is 2.73. The van der Waals surface area contributed by atoms with Crippen molar-refractivity contribution in [2.24, 2.45) is 0 Å². The van der Waals surface area contributed by atoms with Gasteiger partial charge in [0.25, 0.3) is 0 Å². The minimum Gasteiger partial charge on any atom is -0.497 e. The number of likely N-dealkylation sites (tertiary alicyclic amines) is 1. The minimum atomic E-state index is 0.481. The summed E-state index contributed by atoms with van der Waals surface area (Å²) >= 11 is 0. The topological polar surface area (TPSA) is 24.5 Å². The van der Waals surface area contributed by atoms with Crippen molar-refractivity contribution in [2.75, 3.05) is 33.3 Å². The standard InChI is InChI=1S/C14H20N2O/c1-17-12-4-3-11-5-6-15-14(13(11)9-12)10-16-7-2-8-16/h3-4,9,14-15H,2,5-8,10H2,1H3. The Morgan fingerprint density at radius 2 is 2.29 bits per heavy atom. The van der Waals surface area contributed by atoms with Crippen molar-refractivity contribution in [3.8, 4) is 5.75 Å². The van der Waals surface area contributed by atoms with Crippen molar-refractivity contribution in [2.45, 2.75) is 18.9 Å². The van der Waals surface area contributed by atoms with Crippen LogP contribution < -0.4 is 10.1 Å². The predicted molar refractivity (Wildman–Crippen MR) is 68.5 cm³/mol. The molecule has 0 spiro atoms. The lowest BCUT2D eigenvalue weighted by Gasteiger charge is -2.37. The molecule has 2 aliphatic rings. The third-order valence-corrected chi connectivity index (χ3v) is 3.90. The molecule has 1 fully saturated rings. The Morgan fingerprint density at radius 3 is 3.00 bits per heavy atom. The van der Waals surface area contributed by atoms with Gasteiger partial charge in [-0.2, -0.15) is 0 Å². The first-order valence-corrected chi connectivity index (χ1v) is 6.49. The molecule has 0 saturated carbocycles. The molecule has 1 N–H and O–H groups in total. The van der Waals surface area contributed by atoms with Crippen LogP contribution in [-0.4, -0.2) is 38.2 Å². The number of benzene rings is 1. The van der Waals surface area contributed by atoms with E-state index < -0.39 is 0 Å². The van der Waals surface area contributed by atoms with Crippen LogP contribution in [0.3, 0.4) is 0 Å². The molecule has 2 heterocycles. The SMILES string of the molecule is COc1ccc2c(c1)C(CN1CCC1)NCC2. The third kappa shape index (κ3) is 2.17. The normalized spacial score (nSPS) is 23.9. The first-order chi connectivity index (χ1) is 8.36. The highest BCUT2D eigenvalue weighted by atomic mass is 16.5. The lowest BCUT2D eigenvalue weighted by molar-refractivity contribution is 0.159. The van der Waals surface area contributed by atoms with Crippen LogP contribution in [0.15, 0.2) is 18.2 Å². The molecule has 0 radical (unpaired) electrons. The average molecular weight is 232 g/mol. The average Bonchev–Trinajstić information content (AvgIpc) is 2.33. The molecule has 1 atom stereocenters. The van der Waals surface area contributed by atoms with Gasteiger partial charge in [0.1, 0.15) is 5.75 Å². The van der Waals surface area contributed by atoms with E-state index >= 15 is 0 Å². The molecular weight excluding hydrogens is 212 g/mol. The van der Waals surface area contributed by atoms with E-state index in [0.717, 1.165) is 25.3 Å². The Labute approximate surface area is 103 Å². The minimum absolute atomic E-state index is 0.481. The van der Waals surface area contributed by atoms with Crippen LogP contribution in [0, 0.1) is 0 Å². The molecule has 3 heteroatoms. The zero-order valence-electron chi connectivity index (χ0n) is 10.4. The highest BCUT2D eigenvalue weighted by Gasteiger charge is 2.24. The molecule has 17 heavy (non-hydrogen) atoms. The molecule has 1 aromatic rings. The van der Waals surface area contributed by atoms with Crippen molar-refractivity contribution in [3.63, 3.8) is 0 Å². The van der Waals surface area contributed by atoms with Gasteiger partial charge in [0.05, 0.1) is 7.11 Å². The van der Waals surface area contributed by atoms with E-state index in [1.807, 2.05) is 0 Å². The van der Waals surface area contributed by atoms with E-state index in [1.54, 1.807) is 7.11 Å². The van der Waals surface area contributed by atoms with E-state index in [-0.39, 0.29) is 0 Å². The number of fused-ring (bicyclic) bond motifs is 1. The molecule has 0 aliphatic carbocycles. The zero-order valence-corrected chi connectivity index (χ0v) is 10.4. The lowest BCUT2D eigenvalue weighted by Crippen LogP contribution is -2.44. The molecule has 0 bridgehead atoms. The maximum Gasteiger partial charge on any atom is 0.119 e. The van der Waals surface area contributed by atoms with Crippen molar-refractivity contribution in [1.29, 1.82) is 0 Å². The Hall–Kier alpha value is -1.06. The summed E-state index contributed by atoms with van der Waals surface area (Å²) in [7, 11) is 1.74. The summed E-state index contributed by atoms with van der Waals surface area (Å²) in [5.74, 6) is 0.973. The van der Waals surface area contributed by atoms with Crippen molar-refractivity contribution < 1.29 is 4.74 Å². The van der Waals surface area contributed by atoms with Gasteiger partial charge in [0.2, 0.25) is 0 Å². The number of hydrogen-bond donors (Lipinski definition) is 1. The highest BCUT2D eigenvalue weighted by Crippen LogP contribution is 2.28. The van der Waals surface area contributed by atoms with Crippen LogP contribution in [0.25, 0.3) is 0 Å². The Morgan fingerprint density at radius 1 is 1.41 bits per heavy atom. The van der Waals surface area contributed by atoms with E-state index in [1.165, 1.54) is 30.6 Å². The van der Waals surface area contributed by atoms with Gasteiger partial charge in [-0.1, -0.05) is 6.07 Å². The van der Waals surface area contributed by atoms with Crippen LogP contribution in [0.4, 0.5) is 0 Å². The monoisotopic (exact) mass is 232 g/mol. The molecule has 1 unspecified atom stereocenters. The number of rotatable bonds is 3. The fraction of sp³-hybridized carbons (Fsp3) is 0.571. The van der Waals surface area contributed by atoms with Crippen LogP contribution in [-0.2, 0) is 6.42 Å². The second-order valence-electron chi connectivity index (χ2n) is 4.98. The largest absolute Gasteiger partial charge is 0.497 e. The van der Waals surface area contributed by atoms with Crippen LogP contribution in [0.5, 0.6) is 5.75 Å². The fourth-order valence-corrected chi connectivity index (χ4v) is 2.73. The van der Waals surface area contributed by atoms with Gasteiger partial charge in [-0.05, 0) is 55.7 Å². The van der Waals surface area contributed by atoms with Gasteiger partial charge in [0.15, 0.2) is 0 Å². The summed E-state index contributed by atoms with van der Waals surface area (Å²) in [5.41, 5.74) is 2.91. The van der Waals surface area contributed by atoms with Crippen molar-refractivity contribution >= 4 is 0 Å². The van der Waals surface area contributed by atoms with Crippen molar-refractivity contribution in [3.05, 3.63) is 29.3 Å². The van der Waals surface area contributed by atoms with Gasteiger partial charge in [-0.15, -0.1) is 0 Å². The summed E-state index contributed by atoms with van der Waals surface area (Å²) in [4.78, 5) is 2.52. The Bertz CT molecular complexity index is 401. The van der Waals surface area contributed by atoms with Gasteiger partial charge < -0.3 is 15.0 Å². The molecule has 92 valence electrons. The molecule has 0 amide bonds. The lowest BCUT2D eigenvalue weighted by atomic mass is 9.93. The second kappa shape index (κ2) is 4.67. The summed E-state index contributed by atoms with van der Waals surface area (Å²) in [5, 5.41) is 3.63. The molecule has 3 rings (SSSR count). The van der Waals surface area contributed by atoms with E-state index in [2.05, 4.69) is 28.4 Å². The molecule has 1 aromatic carbocycles. The number of hydrogen-bond acceptors (Lipinski definition) is 3. The number of nitrogens with one attached hydrogen (secondary N) is 1. The van der Waals surface area contributed by atoms with E-state index in [4.69, 9.17) is 4.74 Å². The predicted octanol–water partition coefficient (Wildman–Crippen LogP) is 1.59. The highest BCUT2D eigenvalue weighted by molar-refractivity contribution is 5.39. The van der Waals surface area contributed by atoms with E-state index in [9.17, 15) is 0 Å². The number of nitrogens with zero attached hydrogens (tertiary/aromatic N) is 1. The van der Waals surface area contributed by atoms with E-state index in [0.29, 0.717) is 6.04 Å². The van der Waals surface area contributed by atoms with Crippen LogP contribution in [0.2, 0.25) is 0 Å². The summed E-state index contributed by atoms with van der Waals surface area (Å²) < 4.78 is 5.33. The molecule has 0 aromatic heterocycles.